The van der Waals surface area contributed by atoms with Crippen LogP contribution in [0, 0.1) is 6.92 Å². The standard InChI is InChI=1S/C22H24N4S/c1-3-14-26-21(20(24-22(26)27)17-10-6-7-13-23-17)19-12-8-15-25(19)18-11-5-4-9-16(18)2/h4-13,15,20-21H,3,14H2,1-2H3,(H,24,27)/t20-,21+/m0/s1. The second-order valence-electron chi connectivity index (χ2n) is 6.91. The summed E-state index contributed by atoms with van der Waals surface area (Å²) in [6.45, 7) is 5.25. The van der Waals surface area contributed by atoms with Crippen LogP contribution in [0.5, 0.6) is 0 Å². The Hall–Kier alpha value is -2.66. The normalized spacial score (nSPS) is 19.3. The van der Waals surface area contributed by atoms with Gasteiger partial charge in [-0.25, -0.2) is 0 Å². The summed E-state index contributed by atoms with van der Waals surface area (Å²) >= 11 is 5.70. The molecule has 138 valence electrons. The van der Waals surface area contributed by atoms with Crippen molar-refractivity contribution in [3.8, 4) is 5.69 Å². The smallest absolute Gasteiger partial charge is 0.170 e. The highest BCUT2D eigenvalue weighted by Gasteiger charge is 2.40. The summed E-state index contributed by atoms with van der Waals surface area (Å²) in [7, 11) is 0. The van der Waals surface area contributed by atoms with Gasteiger partial charge in [0.25, 0.3) is 0 Å². The van der Waals surface area contributed by atoms with Crippen molar-refractivity contribution in [2.45, 2.75) is 32.4 Å². The van der Waals surface area contributed by atoms with Gasteiger partial charge in [0, 0.05) is 30.3 Å². The van der Waals surface area contributed by atoms with E-state index in [2.05, 4.69) is 82.3 Å². The first-order chi connectivity index (χ1) is 13.2. The van der Waals surface area contributed by atoms with Crippen molar-refractivity contribution in [2.24, 2.45) is 0 Å². The highest BCUT2D eigenvalue weighted by Crippen LogP contribution is 2.39. The number of thiocarbonyl (C=S) groups is 1. The van der Waals surface area contributed by atoms with E-state index >= 15 is 0 Å². The average molecular weight is 377 g/mol. The minimum Gasteiger partial charge on any atom is -0.352 e. The first-order valence-electron chi connectivity index (χ1n) is 9.42. The zero-order chi connectivity index (χ0) is 18.8. The van der Waals surface area contributed by atoms with Crippen molar-refractivity contribution in [3.05, 3.63) is 83.9 Å². The Morgan fingerprint density at radius 3 is 2.63 bits per heavy atom. The molecule has 1 aliphatic heterocycles. The zero-order valence-corrected chi connectivity index (χ0v) is 16.5. The van der Waals surface area contributed by atoms with Gasteiger partial charge in [-0.05, 0) is 61.5 Å². The maximum atomic E-state index is 5.70. The lowest BCUT2D eigenvalue weighted by atomic mass is 10.0. The summed E-state index contributed by atoms with van der Waals surface area (Å²) in [6.07, 6.45) is 5.02. The molecular formula is C22H24N4S. The molecule has 0 aliphatic carbocycles. The fraction of sp³-hybridized carbons (Fsp3) is 0.273. The van der Waals surface area contributed by atoms with E-state index in [9.17, 15) is 0 Å². The highest BCUT2D eigenvalue weighted by atomic mass is 32.1. The molecule has 3 aromatic rings. The second kappa shape index (κ2) is 7.53. The number of para-hydroxylation sites is 1. The van der Waals surface area contributed by atoms with Gasteiger partial charge in [0.05, 0.1) is 17.8 Å². The van der Waals surface area contributed by atoms with Gasteiger partial charge >= 0.3 is 0 Å². The number of benzene rings is 1. The summed E-state index contributed by atoms with van der Waals surface area (Å²) in [5.41, 5.74) is 4.69. The third kappa shape index (κ3) is 3.23. The van der Waals surface area contributed by atoms with Gasteiger partial charge < -0.3 is 14.8 Å². The molecule has 1 fully saturated rings. The van der Waals surface area contributed by atoms with Crippen LogP contribution in [0.3, 0.4) is 0 Å². The molecule has 0 unspecified atom stereocenters. The van der Waals surface area contributed by atoms with Crippen LogP contribution < -0.4 is 5.32 Å². The molecule has 0 spiro atoms. The molecule has 27 heavy (non-hydrogen) atoms. The molecule has 1 aliphatic rings. The lowest BCUT2D eigenvalue weighted by molar-refractivity contribution is 0.309. The number of pyridine rings is 1. The third-order valence-electron chi connectivity index (χ3n) is 5.12. The van der Waals surface area contributed by atoms with Gasteiger partial charge in [0.15, 0.2) is 5.11 Å². The van der Waals surface area contributed by atoms with Crippen molar-refractivity contribution in [1.82, 2.24) is 19.8 Å². The van der Waals surface area contributed by atoms with E-state index in [4.69, 9.17) is 12.2 Å². The van der Waals surface area contributed by atoms with Gasteiger partial charge in [-0.2, -0.15) is 0 Å². The maximum absolute atomic E-state index is 5.70. The predicted molar refractivity (Wildman–Crippen MR) is 113 cm³/mol. The molecule has 5 heteroatoms. The lowest BCUT2D eigenvalue weighted by Gasteiger charge is -2.29. The van der Waals surface area contributed by atoms with Crippen molar-refractivity contribution in [2.75, 3.05) is 6.54 Å². The van der Waals surface area contributed by atoms with Crippen LogP contribution in [0.15, 0.2) is 67.0 Å². The average Bonchev–Trinajstić information content (AvgIpc) is 3.28. The number of hydrogen-bond donors (Lipinski definition) is 1. The minimum atomic E-state index is 0.0305. The Morgan fingerprint density at radius 2 is 1.89 bits per heavy atom. The highest BCUT2D eigenvalue weighted by molar-refractivity contribution is 7.80. The lowest BCUT2D eigenvalue weighted by Crippen LogP contribution is -2.31. The molecule has 2 atom stereocenters. The fourth-order valence-electron chi connectivity index (χ4n) is 3.90. The molecule has 0 saturated carbocycles. The summed E-state index contributed by atoms with van der Waals surface area (Å²) in [5, 5.41) is 4.32. The van der Waals surface area contributed by atoms with E-state index in [1.807, 2.05) is 18.3 Å². The van der Waals surface area contributed by atoms with Crippen molar-refractivity contribution in [3.63, 3.8) is 0 Å². The third-order valence-corrected chi connectivity index (χ3v) is 5.47. The summed E-state index contributed by atoms with van der Waals surface area (Å²) in [6, 6.07) is 19.0. The fourth-order valence-corrected chi connectivity index (χ4v) is 4.23. The Labute approximate surface area is 165 Å². The Bertz CT molecular complexity index is 934. The molecule has 4 rings (SSSR count). The van der Waals surface area contributed by atoms with Gasteiger partial charge in [0.1, 0.15) is 0 Å². The van der Waals surface area contributed by atoms with Crippen LogP contribution in [0.25, 0.3) is 5.69 Å². The number of rotatable bonds is 5. The monoisotopic (exact) mass is 376 g/mol. The number of nitrogens with one attached hydrogen (secondary N) is 1. The van der Waals surface area contributed by atoms with Gasteiger partial charge in [-0.15, -0.1) is 0 Å². The first kappa shape index (κ1) is 17.7. The molecule has 1 saturated heterocycles. The van der Waals surface area contributed by atoms with Crippen LogP contribution in [-0.4, -0.2) is 26.1 Å². The van der Waals surface area contributed by atoms with E-state index in [1.165, 1.54) is 16.9 Å². The molecule has 4 nitrogen and oxygen atoms in total. The van der Waals surface area contributed by atoms with E-state index in [0.29, 0.717) is 0 Å². The van der Waals surface area contributed by atoms with Crippen molar-refractivity contribution < 1.29 is 0 Å². The summed E-state index contributed by atoms with van der Waals surface area (Å²) in [4.78, 5) is 6.92. The molecule has 3 heterocycles. The van der Waals surface area contributed by atoms with Gasteiger partial charge in [0.2, 0.25) is 0 Å². The molecule has 1 aromatic carbocycles. The maximum Gasteiger partial charge on any atom is 0.170 e. The largest absolute Gasteiger partial charge is 0.352 e. The Kier molecular flexibility index (Phi) is 4.94. The molecular weight excluding hydrogens is 352 g/mol. The first-order valence-corrected chi connectivity index (χ1v) is 9.83. The van der Waals surface area contributed by atoms with Crippen LogP contribution in [0.4, 0.5) is 0 Å². The minimum absolute atomic E-state index is 0.0305. The summed E-state index contributed by atoms with van der Waals surface area (Å²) < 4.78 is 2.29. The topological polar surface area (TPSA) is 33.1 Å². The molecule has 0 amide bonds. The van der Waals surface area contributed by atoms with Gasteiger partial charge in [-0.3, -0.25) is 4.98 Å². The Balaban J connectivity index is 1.83. The van der Waals surface area contributed by atoms with Crippen molar-refractivity contribution >= 4 is 17.3 Å². The van der Waals surface area contributed by atoms with Crippen LogP contribution in [0.2, 0.25) is 0 Å². The summed E-state index contributed by atoms with van der Waals surface area (Å²) in [5.74, 6) is 0. The van der Waals surface area contributed by atoms with Crippen LogP contribution in [-0.2, 0) is 0 Å². The zero-order valence-electron chi connectivity index (χ0n) is 15.7. The number of aromatic nitrogens is 2. The molecule has 2 aromatic heterocycles. The second-order valence-corrected chi connectivity index (χ2v) is 7.30. The predicted octanol–water partition coefficient (Wildman–Crippen LogP) is 4.56. The number of aryl methyl sites for hydroxylation is 1. The number of hydrogen-bond acceptors (Lipinski definition) is 2. The molecule has 0 radical (unpaired) electrons. The van der Waals surface area contributed by atoms with Crippen LogP contribution in [0.1, 0.15) is 42.4 Å². The quantitative estimate of drug-likeness (QED) is 0.662. The molecule has 1 N–H and O–H groups in total. The SMILES string of the molecule is CCCN1C(=S)N[C@@H](c2ccccn2)[C@H]1c1cccn1-c1ccccc1C. The van der Waals surface area contributed by atoms with Crippen molar-refractivity contribution in [1.29, 1.82) is 0 Å². The van der Waals surface area contributed by atoms with E-state index < -0.39 is 0 Å². The van der Waals surface area contributed by atoms with E-state index in [0.717, 1.165) is 23.8 Å². The van der Waals surface area contributed by atoms with Gasteiger partial charge in [-0.1, -0.05) is 31.2 Å². The van der Waals surface area contributed by atoms with Crippen LogP contribution >= 0.6 is 12.2 Å². The van der Waals surface area contributed by atoms with E-state index in [1.54, 1.807) is 0 Å². The molecule has 0 bridgehead atoms. The Morgan fingerprint density at radius 1 is 1.07 bits per heavy atom. The number of nitrogens with zero attached hydrogens (tertiary/aromatic N) is 3. The van der Waals surface area contributed by atoms with E-state index in [-0.39, 0.29) is 12.1 Å².